The van der Waals surface area contributed by atoms with Gasteiger partial charge >= 0.3 is 6.61 Å². The Morgan fingerprint density at radius 1 is 1.08 bits per heavy atom. The van der Waals surface area contributed by atoms with Crippen molar-refractivity contribution in [1.29, 1.82) is 0 Å². The molecule has 1 unspecified atom stereocenters. The Labute approximate surface area is 150 Å². The molecule has 0 aromatic heterocycles. The molecule has 0 radical (unpaired) electrons. The molecule has 0 fully saturated rings. The Morgan fingerprint density at radius 2 is 1.73 bits per heavy atom. The van der Waals surface area contributed by atoms with Gasteiger partial charge in [-0.2, -0.15) is 8.78 Å². The van der Waals surface area contributed by atoms with Gasteiger partial charge in [0.15, 0.2) is 0 Å². The maximum atomic E-state index is 12.4. The molecule has 0 bridgehead atoms. The lowest BCUT2D eigenvalue weighted by Gasteiger charge is -2.17. The number of hydrogen-bond donors (Lipinski definition) is 2. The van der Waals surface area contributed by atoms with E-state index in [9.17, 15) is 18.4 Å². The molecule has 0 heterocycles. The second-order valence-electron chi connectivity index (χ2n) is 5.70. The van der Waals surface area contributed by atoms with E-state index in [1.807, 2.05) is 38.1 Å². The Morgan fingerprint density at radius 3 is 2.42 bits per heavy atom. The highest BCUT2D eigenvalue weighted by molar-refractivity contribution is 5.98. The summed E-state index contributed by atoms with van der Waals surface area (Å²) in [5.74, 6) is -1.30. The number of aryl methyl sites for hydroxylation is 1. The summed E-state index contributed by atoms with van der Waals surface area (Å²) in [7, 11) is 0. The number of alkyl halides is 2. The monoisotopic (exact) mass is 362 g/mol. The molecule has 138 valence electrons. The summed E-state index contributed by atoms with van der Waals surface area (Å²) in [5.41, 5.74) is 1.96. The maximum Gasteiger partial charge on any atom is 0.387 e. The van der Waals surface area contributed by atoms with E-state index in [1.54, 1.807) is 0 Å². The standard InChI is InChI=1S/C19H20F2N2O3/c1-12-7-3-4-8-14(12)13(2)23-17(24)11-22-18(25)15-9-5-6-10-16(15)26-19(20)21/h3-10,13,19H,11H2,1-2H3,(H,22,25)(H,23,24). The van der Waals surface area contributed by atoms with E-state index in [0.29, 0.717) is 0 Å². The number of halogens is 2. The van der Waals surface area contributed by atoms with Crippen molar-refractivity contribution in [3.05, 3.63) is 65.2 Å². The van der Waals surface area contributed by atoms with Gasteiger partial charge in [0.1, 0.15) is 5.75 Å². The Hall–Kier alpha value is -2.96. The van der Waals surface area contributed by atoms with Gasteiger partial charge in [0.2, 0.25) is 5.91 Å². The van der Waals surface area contributed by atoms with Crippen LogP contribution in [0.5, 0.6) is 5.75 Å². The molecule has 2 N–H and O–H groups in total. The Balaban J connectivity index is 1.93. The predicted octanol–water partition coefficient (Wildman–Crippen LogP) is 3.20. The van der Waals surface area contributed by atoms with E-state index in [-0.39, 0.29) is 29.8 Å². The van der Waals surface area contributed by atoms with Crippen LogP contribution in [0.2, 0.25) is 0 Å². The maximum absolute atomic E-state index is 12.4. The molecule has 26 heavy (non-hydrogen) atoms. The van der Waals surface area contributed by atoms with Crippen LogP contribution in [0.1, 0.15) is 34.5 Å². The van der Waals surface area contributed by atoms with Gasteiger partial charge in [0.25, 0.3) is 5.91 Å². The van der Waals surface area contributed by atoms with Crippen LogP contribution in [0.15, 0.2) is 48.5 Å². The van der Waals surface area contributed by atoms with Gasteiger partial charge in [-0.15, -0.1) is 0 Å². The molecular formula is C19H20F2N2O3. The largest absolute Gasteiger partial charge is 0.434 e. The molecule has 0 saturated heterocycles. The zero-order chi connectivity index (χ0) is 19.1. The molecule has 2 aromatic carbocycles. The van der Waals surface area contributed by atoms with Crippen molar-refractivity contribution < 1.29 is 23.1 Å². The third kappa shape index (κ3) is 5.27. The van der Waals surface area contributed by atoms with E-state index in [1.165, 1.54) is 24.3 Å². The summed E-state index contributed by atoms with van der Waals surface area (Å²) in [4.78, 5) is 24.2. The normalized spacial score (nSPS) is 11.7. The molecule has 2 amide bonds. The molecular weight excluding hydrogens is 342 g/mol. The van der Waals surface area contributed by atoms with Crippen molar-refractivity contribution in [2.24, 2.45) is 0 Å². The minimum absolute atomic E-state index is 0.0625. The van der Waals surface area contributed by atoms with Crippen LogP contribution < -0.4 is 15.4 Å². The molecule has 2 aromatic rings. The van der Waals surface area contributed by atoms with Crippen molar-refractivity contribution in [1.82, 2.24) is 10.6 Å². The van der Waals surface area contributed by atoms with Gasteiger partial charge in [0, 0.05) is 0 Å². The highest BCUT2D eigenvalue weighted by atomic mass is 19.3. The fourth-order valence-corrected chi connectivity index (χ4v) is 2.55. The van der Waals surface area contributed by atoms with Crippen molar-refractivity contribution in [2.45, 2.75) is 26.5 Å². The molecule has 0 aliphatic rings. The second kappa shape index (κ2) is 8.94. The summed E-state index contributed by atoms with van der Waals surface area (Å²) >= 11 is 0. The van der Waals surface area contributed by atoms with Crippen LogP contribution in [-0.4, -0.2) is 25.0 Å². The minimum atomic E-state index is -3.04. The molecule has 5 nitrogen and oxygen atoms in total. The number of hydrogen-bond acceptors (Lipinski definition) is 3. The van der Waals surface area contributed by atoms with E-state index in [2.05, 4.69) is 15.4 Å². The lowest BCUT2D eigenvalue weighted by molar-refractivity contribution is -0.120. The number of ether oxygens (including phenoxy) is 1. The number of carbonyl (C=O) groups is 2. The van der Waals surface area contributed by atoms with Gasteiger partial charge in [-0.05, 0) is 37.1 Å². The van der Waals surface area contributed by atoms with Gasteiger partial charge in [-0.25, -0.2) is 0 Å². The molecule has 7 heteroatoms. The quantitative estimate of drug-likeness (QED) is 0.795. The summed E-state index contributed by atoms with van der Waals surface area (Å²) in [6, 6.07) is 13.0. The molecule has 0 aliphatic heterocycles. The number of nitrogens with one attached hydrogen (secondary N) is 2. The van der Waals surface area contributed by atoms with Crippen LogP contribution in [0, 0.1) is 6.92 Å². The molecule has 0 spiro atoms. The van der Waals surface area contributed by atoms with Crippen LogP contribution in [0.3, 0.4) is 0 Å². The minimum Gasteiger partial charge on any atom is -0.434 e. The van der Waals surface area contributed by atoms with E-state index in [0.717, 1.165) is 11.1 Å². The predicted molar refractivity (Wildman–Crippen MR) is 93.1 cm³/mol. The van der Waals surface area contributed by atoms with Crippen LogP contribution in [0.4, 0.5) is 8.78 Å². The lowest BCUT2D eigenvalue weighted by atomic mass is 10.0. The van der Waals surface area contributed by atoms with Crippen LogP contribution in [-0.2, 0) is 4.79 Å². The smallest absolute Gasteiger partial charge is 0.387 e. The molecule has 2 rings (SSSR count). The highest BCUT2D eigenvalue weighted by Gasteiger charge is 2.17. The number of amides is 2. The summed E-state index contributed by atoms with van der Waals surface area (Å²) in [6.45, 7) is 0.466. The van der Waals surface area contributed by atoms with E-state index in [4.69, 9.17) is 0 Å². The van der Waals surface area contributed by atoms with Crippen molar-refractivity contribution in [3.63, 3.8) is 0 Å². The average molecular weight is 362 g/mol. The lowest BCUT2D eigenvalue weighted by Crippen LogP contribution is -2.38. The zero-order valence-corrected chi connectivity index (χ0v) is 14.5. The topological polar surface area (TPSA) is 67.4 Å². The number of para-hydroxylation sites is 1. The first-order valence-corrected chi connectivity index (χ1v) is 8.05. The van der Waals surface area contributed by atoms with Gasteiger partial charge in [0.05, 0.1) is 18.2 Å². The first-order valence-electron chi connectivity index (χ1n) is 8.05. The molecule has 0 aliphatic carbocycles. The number of benzene rings is 2. The third-order valence-corrected chi connectivity index (χ3v) is 3.79. The van der Waals surface area contributed by atoms with Crippen LogP contribution in [0.25, 0.3) is 0 Å². The van der Waals surface area contributed by atoms with Gasteiger partial charge in [-0.3, -0.25) is 9.59 Å². The van der Waals surface area contributed by atoms with Gasteiger partial charge in [-0.1, -0.05) is 36.4 Å². The third-order valence-electron chi connectivity index (χ3n) is 3.79. The SMILES string of the molecule is Cc1ccccc1C(C)NC(=O)CNC(=O)c1ccccc1OC(F)F. The van der Waals surface area contributed by atoms with E-state index >= 15 is 0 Å². The number of carbonyl (C=O) groups excluding carboxylic acids is 2. The second-order valence-corrected chi connectivity index (χ2v) is 5.70. The summed E-state index contributed by atoms with van der Waals surface area (Å²) < 4.78 is 29.1. The van der Waals surface area contributed by atoms with Crippen molar-refractivity contribution in [2.75, 3.05) is 6.54 Å². The first kappa shape index (κ1) is 19.4. The van der Waals surface area contributed by atoms with E-state index < -0.39 is 12.5 Å². The fourth-order valence-electron chi connectivity index (χ4n) is 2.55. The summed E-state index contributed by atoms with van der Waals surface area (Å²) in [5, 5.41) is 5.19. The van der Waals surface area contributed by atoms with Crippen molar-refractivity contribution >= 4 is 11.8 Å². The Bertz CT molecular complexity index is 781. The number of rotatable bonds is 7. The van der Waals surface area contributed by atoms with Crippen LogP contribution >= 0.6 is 0 Å². The molecule has 0 saturated carbocycles. The van der Waals surface area contributed by atoms with Crippen molar-refractivity contribution in [3.8, 4) is 5.75 Å². The zero-order valence-electron chi connectivity index (χ0n) is 14.5. The summed E-state index contributed by atoms with van der Waals surface area (Å²) in [6.07, 6.45) is 0. The first-order chi connectivity index (χ1) is 12.4. The van der Waals surface area contributed by atoms with Gasteiger partial charge < -0.3 is 15.4 Å². The highest BCUT2D eigenvalue weighted by Crippen LogP contribution is 2.20. The Kier molecular flexibility index (Phi) is 6.66. The molecule has 1 atom stereocenters. The average Bonchev–Trinajstić information content (AvgIpc) is 2.60. The fraction of sp³-hybridized carbons (Fsp3) is 0.263.